The van der Waals surface area contributed by atoms with Crippen molar-refractivity contribution < 1.29 is 58.4 Å². The van der Waals surface area contributed by atoms with Gasteiger partial charge in [0.05, 0.1) is 42.0 Å². The molecule has 0 saturated carbocycles. The minimum atomic E-state index is -1.82. The SMILES string of the molecule is CCCNC[C@]1(O)[C@H](C)O[C@@H](O[C@H]2[C@H](C)[C@@H](O[C@@H]3O[C@H](C)C[C@H](N(C)C)[C@H]3Oc3ccccc3)[C@](C)(O)C[C@@H](C)CN[C@H](C)[C@@H](O)[C@](C)(O)[C@@H](CC)OC(=O)[C@@H]2C)C[C@@]1(C)OC. The number of nitrogens with zero attached hydrogens (tertiary/aromatic N) is 1. The number of benzene rings is 1. The Morgan fingerprint density at radius 3 is 2.19 bits per heavy atom. The minimum absolute atomic E-state index is 0.102. The van der Waals surface area contributed by atoms with Crippen LogP contribution in [-0.2, 0) is 33.2 Å². The maximum atomic E-state index is 14.5. The predicted molar refractivity (Wildman–Crippen MR) is 237 cm³/mol. The summed E-state index contributed by atoms with van der Waals surface area (Å²) < 4.78 is 46.1. The molecule has 4 rings (SSSR count). The number of rotatable bonds is 13. The Kier molecular flexibility index (Phi) is 18.7. The van der Waals surface area contributed by atoms with E-state index in [1.54, 1.807) is 41.7 Å². The predicted octanol–water partition coefficient (Wildman–Crippen LogP) is 4.02. The van der Waals surface area contributed by atoms with Crippen LogP contribution in [0.5, 0.6) is 5.75 Å². The van der Waals surface area contributed by atoms with Crippen LogP contribution >= 0.6 is 0 Å². The minimum Gasteiger partial charge on any atom is -0.483 e. The van der Waals surface area contributed by atoms with Crippen LogP contribution in [0.2, 0.25) is 0 Å². The average molecular weight is 882 g/mol. The van der Waals surface area contributed by atoms with Crippen LogP contribution < -0.4 is 15.4 Å². The van der Waals surface area contributed by atoms with Gasteiger partial charge in [-0.25, -0.2) is 0 Å². The Morgan fingerprint density at radius 2 is 1.60 bits per heavy atom. The number of cyclic esters (lactones) is 1. The topological polar surface area (TPSA) is 190 Å². The van der Waals surface area contributed by atoms with Gasteiger partial charge in [-0.2, -0.15) is 0 Å². The van der Waals surface area contributed by atoms with E-state index in [1.807, 2.05) is 72.1 Å². The molecule has 358 valence electrons. The summed E-state index contributed by atoms with van der Waals surface area (Å²) >= 11 is 0. The molecule has 0 spiro atoms. The number of nitrogens with one attached hydrogen (secondary N) is 2. The summed E-state index contributed by atoms with van der Waals surface area (Å²) in [7, 11) is 5.54. The molecule has 1 aromatic carbocycles. The van der Waals surface area contributed by atoms with Crippen LogP contribution in [0.1, 0.15) is 108 Å². The molecule has 3 aliphatic rings. The Bertz CT molecular complexity index is 1520. The van der Waals surface area contributed by atoms with Crippen molar-refractivity contribution in [3.63, 3.8) is 0 Å². The van der Waals surface area contributed by atoms with Crippen LogP contribution in [-0.4, -0.2) is 162 Å². The zero-order valence-corrected chi connectivity index (χ0v) is 40.1. The molecule has 3 fully saturated rings. The lowest BCUT2D eigenvalue weighted by molar-refractivity contribution is -0.335. The van der Waals surface area contributed by atoms with Crippen LogP contribution in [0, 0.1) is 17.8 Å². The van der Waals surface area contributed by atoms with Crippen molar-refractivity contribution in [3.05, 3.63) is 30.3 Å². The molecule has 0 bridgehead atoms. The van der Waals surface area contributed by atoms with Gasteiger partial charge >= 0.3 is 5.97 Å². The Hall–Kier alpha value is -1.99. The van der Waals surface area contributed by atoms with Gasteiger partial charge in [0.15, 0.2) is 18.7 Å². The number of methoxy groups -OCH3 is 1. The van der Waals surface area contributed by atoms with E-state index in [1.165, 1.54) is 6.92 Å². The van der Waals surface area contributed by atoms with Crippen molar-refractivity contribution in [2.75, 3.05) is 40.8 Å². The van der Waals surface area contributed by atoms with Gasteiger partial charge in [-0.1, -0.05) is 45.9 Å². The first-order chi connectivity index (χ1) is 29.0. The highest BCUT2D eigenvalue weighted by molar-refractivity contribution is 5.73. The highest BCUT2D eigenvalue weighted by Crippen LogP contribution is 2.43. The first-order valence-electron chi connectivity index (χ1n) is 23.0. The van der Waals surface area contributed by atoms with E-state index in [0.29, 0.717) is 25.3 Å². The van der Waals surface area contributed by atoms with Crippen molar-refractivity contribution in [2.24, 2.45) is 17.8 Å². The van der Waals surface area contributed by atoms with Crippen molar-refractivity contribution in [1.29, 1.82) is 0 Å². The van der Waals surface area contributed by atoms with E-state index < -0.39 is 95.5 Å². The first kappa shape index (κ1) is 52.6. The molecule has 62 heavy (non-hydrogen) atoms. The molecular weight excluding hydrogens is 799 g/mol. The zero-order chi connectivity index (χ0) is 46.4. The van der Waals surface area contributed by atoms with E-state index in [9.17, 15) is 25.2 Å². The number of hydrogen-bond donors (Lipinski definition) is 6. The molecular formula is C47H83N3O12. The van der Waals surface area contributed by atoms with Gasteiger partial charge in [0.2, 0.25) is 0 Å². The van der Waals surface area contributed by atoms with Gasteiger partial charge in [-0.05, 0) is 119 Å². The number of hydrogen-bond acceptors (Lipinski definition) is 15. The fourth-order valence-electron chi connectivity index (χ4n) is 9.97. The second-order valence-corrected chi connectivity index (χ2v) is 19.6. The molecule has 3 heterocycles. The van der Waals surface area contributed by atoms with E-state index in [2.05, 4.69) is 22.5 Å². The number of carbonyl (C=O) groups excluding carboxylic acids is 1. The normalized spacial score (nSPS) is 44.3. The third-order valence-corrected chi connectivity index (χ3v) is 14.0. The summed E-state index contributed by atoms with van der Waals surface area (Å²) in [5.74, 6) is -1.97. The zero-order valence-electron chi connectivity index (χ0n) is 40.1. The fraction of sp³-hybridized carbons (Fsp3) is 0.851. The number of para-hydroxylation sites is 1. The molecule has 0 aromatic heterocycles. The molecule has 1 aromatic rings. The van der Waals surface area contributed by atoms with E-state index >= 15 is 0 Å². The van der Waals surface area contributed by atoms with Gasteiger partial charge < -0.3 is 69.1 Å². The molecule has 15 nitrogen and oxygen atoms in total. The highest BCUT2D eigenvalue weighted by atomic mass is 16.7. The average Bonchev–Trinajstić information content (AvgIpc) is 3.21. The standard InChI is InChI=1S/C47H83N3O12/c1-15-22-48-27-47(55)33(8)58-37(25-45(47,10)56-14)61-38-30(5)41(62-43-39(59-34-20-18-17-19-21-34)35(50(12)13)23-29(4)57-43)44(9,53)24-28(3)26-49-32(7)40(51)46(11,54)36(16-2)60-42(52)31(38)6/h17-21,28-33,35-41,43,48-49,51,53-55H,15-16,22-27H2,1-14H3/t28-,29-,30+,31-,32-,33+,35+,36-,37+,38+,39-,40-,41-,43+,44-,45-,46-,47+/m1/s1. The number of aliphatic hydroxyl groups excluding tert-OH is 1. The van der Waals surface area contributed by atoms with Crippen molar-refractivity contribution in [3.8, 4) is 5.75 Å². The Balaban J connectivity index is 1.85. The summed E-state index contributed by atoms with van der Waals surface area (Å²) in [5.41, 5.74) is -5.95. The first-order valence-corrected chi connectivity index (χ1v) is 23.0. The van der Waals surface area contributed by atoms with Crippen molar-refractivity contribution in [1.82, 2.24) is 15.5 Å². The van der Waals surface area contributed by atoms with Crippen molar-refractivity contribution in [2.45, 2.75) is 198 Å². The lowest BCUT2D eigenvalue weighted by atomic mass is 9.75. The largest absolute Gasteiger partial charge is 0.483 e. The van der Waals surface area contributed by atoms with E-state index in [0.717, 1.165) is 6.42 Å². The Labute approximate surface area is 371 Å². The summed E-state index contributed by atoms with van der Waals surface area (Å²) in [6, 6.07) is 8.77. The van der Waals surface area contributed by atoms with Gasteiger partial charge in [-0.3, -0.25) is 4.79 Å². The maximum Gasteiger partial charge on any atom is 0.311 e. The summed E-state index contributed by atoms with van der Waals surface area (Å²) in [6.45, 7) is 21.3. The van der Waals surface area contributed by atoms with Crippen LogP contribution in [0.3, 0.4) is 0 Å². The molecule has 0 amide bonds. The molecule has 0 aliphatic carbocycles. The lowest BCUT2D eigenvalue weighted by Gasteiger charge is -2.53. The molecule has 0 unspecified atom stereocenters. The number of likely N-dealkylation sites (N-methyl/N-ethyl adjacent to an activating group) is 1. The molecule has 3 saturated heterocycles. The summed E-state index contributed by atoms with van der Waals surface area (Å²) in [5, 5.41) is 55.0. The number of esters is 1. The molecule has 0 radical (unpaired) electrons. The van der Waals surface area contributed by atoms with Gasteiger partial charge in [0.25, 0.3) is 0 Å². The number of ether oxygens (including phenoxy) is 7. The fourth-order valence-corrected chi connectivity index (χ4v) is 9.97. The number of carbonyl (C=O) groups is 1. The molecule has 3 aliphatic heterocycles. The lowest BCUT2D eigenvalue weighted by Crippen LogP contribution is -2.70. The smallest absolute Gasteiger partial charge is 0.311 e. The monoisotopic (exact) mass is 882 g/mol. The quantitative estimate of drug-likeness (QED) is 0.123. The second kappa shape index (κ2) is 22.0. The third kappa shape index (κ3) is 12.1. The maximum absolute atomic E-state index is 14.5. The van der Waals surface area contributed by atoms with Crippen LogP contribution in [0.25, 0.3) is 0 Å². The molecule has 15 heteroatoms. The summed E-state index contributed by atoms with van der Waals surface area (Å²) in [6.07, 6.45) is -5.91. The van der Waals surface area contributed by atoms with E-state index in [-0.39, 0.29) is 43.9 Å². The highest BCUT2D eigenvalue weighted by Gasteiger charge is 2.58. The summed E-state index contributed by atoms with van der Waals surface area (Å²) in [4.78, 5) is 16.6. The van der Waals surface area contributed by atoms with E-state index in [4.69, 9.17) is 33.2 Å². The second-order valence-electron chi connectivity index (χ2n) is 19.6. The number of aliphatic hydroxyl groups is 4. The van der Waals surface area contributed by atoms with Crippen LogP contribution in [0.4, 0.5) is 0 Å². The third-order valence-electron chi connectivity index (χ3n) is 14.0. The van der Waals surface area contributed by atoms with Gasteiger partial charge in [-0.15, -0.1) is 0 Å². The van der Waals surface area contributed by atoms with Gasteiger partial charge in [0, 0.05) is 32.0 Å². The molecule has 18 atom stereocenters. The van der Waals surface area contributed by atoms with Crippen molar-refractivity contribution >= 4 is 5.97 Å². The Morgan fingerprint density at radius 1 is 0.935 bits per heavy atom. The van der Waals surface area contributed by atoms with Crippen LogP contribution in [0.15, 0.2) is 30.3 Å². The molecule has 6 N–H and O–H groups in total. The van der Waals surface area contributed by atoms with Gasteiger partial charge in [0.1, 0.15) is 34.8 Å².